The van der Waals surface area contributed by atoms with Crippen LogP contribution in [-0.4, -0.2) is 29.4 Å². The van der Waals surface area contributed by atoms with E-state index < -0.39 is 6.04 Å². The summed E-state index contributed by atoms with van der Waals surface area (Å²) in [5, 5.41) is 5.80. The quantitative estimate of drug-likeness (QED) is 0.891. The molecule has 0 aliphatic carbocycles. The van der Waals surface area contributed by atoms with Crippen LogP contribution < -0.4 is 10.6 Å². The summed E-state index contributed by atoms with van der Waals surface area (Å²) in [4.78, 5) is 26.8. The minimum atomic E-state index is -0.439. The number of urea groups is 1. The molecule has 5 nitrogen and oxygen atoms in total. The zero-order valence-corrected chi connectivity index (χ0v) is 14.6. The van der Waals surface area contributed by atoms with Crippen LogP contribution >= 0.6 is 0 Å². The molecular formula is C20H23N3O2. The lowest BCUT2D eigenvalue weighted by molar-refractivity contribution is -0.119. The smallest absolute Gasteiger partial charge is 0.322 e. The summed E-state index contributed by atoms with van der Waals surface area (Å²) < 4.78 is 0. The van der Waals surface area contributed by atoms with Crippen LogP contribution in [0.15, 0.2) is 48.5 Å². The fourth-order valence-corrected chi connectivity index (χ4v) is 3.06. The average molecular weight is 337 g/mol. The number of anilines is 2. The van der Waals surface area contributed by atoms with Gasteiger partial charge >= 0.3 is 6.03 Å². The van der Waals surface area contributed by atoms with Gasteiger partial charge in [0.05, 0.1) is 0 Å². The molecule has 25 heavy (non-hydrogen) atoms. The predicted molar refractivity (Wildman–Crippen MR) is 99.7 cm³/mol. The Morgan fingerprint density at radius 1 is 0.960 bits per heavy atom. The SMILES string of the molecule is Cc1ccc(NC(=O)N2CCC[C@@H]2C(=O)Nc2cccc(C)c2)cc1. The van der Waals surface area contributed by atoms with Crippen LogP contribution in [0.2, 0.25) is 0 Å². The van der Waals surface area contributed by atoms with Crippen LogP contribution in [0.5, 0.6) is 0 Å². The fourth-order valence-electron chi connectivity index (χ4n) is 3.06. The van der Waals surface area contributed by atoms with Gasteiger partial charge in [0.15, 0.2) is 0 Å². The highest BCUT2D eigenvalue weighted by Gasteiger charge is 2.34. The van der Waals surface area contributed by atoms with Crippen LogP contribution in [0.4, 0.5) is 16.2 Å². The Hall–Kier alpha value is -2.82. The number of aryl methyl sites for hydroxylation is 2. The van der Waals surface area contributed by atoms with Gasteiger partial charge in [0.25, 0.3) is 0 Å². The second kappa shape index (κ2) is 7.38. The number of carbonyl (C=O) groups excluding carboxylic acids is 2. The third kappa shape index (κ3) is 4.18. The minimum Gasteiger partial charge on any atom is -0.324 e. The van der Waals surface area contributed by atoms with Gasteiger partial charge in [-0.3, -0.25) is 4.79 Å². The molecular weight excluding hydrogens is 314 g/mol. The van der Waals surface area contributed by atoms with Crippen LogP contribution in [0.25, 0.3) is 0 Å². The van der Waals surface area contributed by atoms with Crippen molar-refractivity contribution in [1.29, 1.82) is 0 Å². The first-order valence-electron chi connectivity index (χ1n) is 8.55. The van der Waals surface area contributed by atoms with Gasteiger partial charge in [-0.15, -0.1) is 0 Å². The van der Waals surface area contributed by atoms with Crippen molar-refractivity contribution >= 4 is 23.3 Å². The lowest BCUT2D eigenvalue weighted by Gasteiger charge is -2.24. The number of likely N-dealkylation sites (tertiary alicyclic amines) is 1. The van der Waals surface area contributed by atoms with E-state index in [0.29, 0.717) is 13.0 Å². The molecule has 1 aliphatic rings. The lowest BCUT2D eigenvalue weighted by atomic mass is 10.2. The van der Waals surface area contributed by atoms with E-state index in [2.05, 4.69) is 10.6 Å². The Morgan fingerprint density at radius 2 is 1.72 bits per heavy atom. The van der Waals surface area contributed by atoms with E-state index in [1.54, 1.807) is 4.90 Å². The molecule has 1 atom stereocenters. The van der Waals surface area contributed by atoms with Crippen molar-refractivity contribution in [3.8, 4) is 0 Å². The standard InChI is InChI=1S/C20H23N3O2/c1-14-8-10-16(11-9-14)22-20(25)23-12-4-7-18(23)19(24)21-17-6-3-5-15(2)13-17/h3,5-6,8-11,13,18H,4,7,12H2,1-2H3,(H,21,24)(H,22,25)/t18-/m1/s1. The Kier molecular flexibility index (Phi) is 5.03. The molecule has 1 aliphatic heterocycles. The Balaban J connectivity index is 1.65. The number of nitrogens with one attached hydrogen (secondary N) is 2. The van der Waals surface area contributed by atoms with E-state index in [0.717, 1.165) is 28.9 Å². The van der Waals surface area contributed by atoms with Gasteiger partial charge in [0, 0.05) is 17.9 Å². The average Bonchev–Trinajstić information content (AvgIpc) is 3.07. The minimum absolute atomic E-state index is 0.137. The largest absolute Gasteiger partial charge is 0.324 e. The fraction of sp³-hybridized carbons (Fsp3) is 0.300. The molecule has 0 saturated carbocycles. The number of rotatable bonds is 3. The number of nitrogens with zero attached hydrogens (tertiary/aromatic N) is 1. The Bertz CT molecular complexity index is 771. The molecule has 3 rings (SSSR count). The maximum Gasteiger partial charge on any atom is 0.322 e. The molecule has 130 valence electrons. The van der Waals surface area contributed by atoms with Crippen molar-refractivity contribution in [1.82, 2.24) is 4.90 Å². The second-order valence-electron chi connectivity index (χ2n) is 6.51. The molecule has 1 fully saturated rings. The number of benzene rings is 2. The van der Waals surface area contributed by atoms with Crippen molar-refractivity contribution in [2.75, 3.05) is 17.2 Å². The van der Waals surface area contributed by atoms with E-state index in [4.69, 9.17) is 0 Å². The molecule has 2 aromatic rings. The molecule has 2 N–H and O–H groups in total. The number of hydrogen-bond acceptors (Lipinski definition) is 2. The molecule has 0 spiro atoms. The zero-order valence-electron chi connectivity index (χ0n) is 14.6. The van der Waals surface area contributed by atoms with E-state index in [1.807, 2.05) is 62.4 Å². The van der Waals surface area contributed by atoms with Crippen LogP contribution in [0.3, 0.4) is 0 Å². The summed E-state index contributed by atoms with van der Waals surface area (Å²) in [5.74, 6) is -0.137. The highest BCUT2D eigenvalue weighted by atomic mass is 16.2. The van der Waals surface area contributed by atoms with Crippen molar-refractivity contribution in [3.05, 3.63) is 59.7 Å². The molecule has 3 amide bonds. The first-order valence-corrected chi connectivity index (χ1v) is 8.55. The van der Waals surface area contributed by atoms with E-state index in [1.165, 1.54) is 0 Å². The van der Waals surface area contributed by atoms with E-state index in [9.17, 15) is 9.59 Å². The summed E-state index contributed by atoms with van der Waals surface area (Å²) >= 11 is 0. The van der Waals surface area contributed by atoms with Crippen molar-refractivity contribution in [3.63, 3.8) is 0 Å². The zero-order chi connectivity index (χ0) is 17.8. The van der Waals surface area contributed by atoms with Gasteiger partial charge in [-0.05, 0) is 56.5 Å². The summed E-state index contributed by atoms with van der Waals surface area (Å²) in [6.07, 6.45) is 1.51. The van der Waals surface area contributed by atoms with Gasteiger partial charge < -0.3 is 15.5 Å². The maximum absolute atomic E-state index is 12.6. The molecule has 2 aromatic carbocycles. The number of carbonyl (C=O) groups is 2. The van der Waals surface area contributed by atoms with Crippen LogP contribution in [0.1, 0.15) is 24.0 Å². The third-order valence-corrected chi connectivity index (χ3v) is 4.40. The second-order valence-corrected chi connectivity index (χ2v) is 6.51. The molecule has 1 heterocycles. The summed E-state index contributed by atoms with van der Waals surface area (Å²) in [7, 11) is 0. The molecule has 0 bridgehead atoms. The molecule has 0 unspecified atom stereocenters. The Morgan fingerprint density at radius 3 is 2.44 bits per heavy atom. The van der Waals surface area contributed by atoms with E-state index >= 15 is 0 Å². The van der Waals surface area contributed by atoms with Crippen molar-refractivity contribution in [2.24, 2.45) is 0 Å². The van der Waals surface area contributed by atoms with Crippen LogP contribution in [0, 0.1) is 13.8 Å². The monoisotopic (exact) mass is 337 g/mol. The van der Waals surface area contributed by atoms with Gasteiger partial charge in [0.1, 0.15) is 6.04 Å². The van der Waals surface area contributed by atoms with Crippen molar-refractivity contribution < 1.29 is 9.59 Å². The first kappa shape index (κ1) is 17.0. The molecule has 1 saturated heterocycles. The summed E-state index contributed by atoms with van der Waals surface area (Å²) in [6.45, 7) is 4.56. The third-order valence-electron chi connectivity index (χ3n) is 4.40. The Labute approximate surface area is 148 Å². The molecule has 0 aromatic heterocycles. The highest BCUT2D eigenvalue weighted by Crippen LogP contribution is 2.21. The van der Waals surface area contributed by atoms with Gasteiger partial charge in [-0.25, -0.2) is 4.79 Å². The maximum atomic E-state index is 12.6. The highest BCUT2D eigenvalue weighted by molar-refractivity contribution is 5.99. The lowest BCUT2D eigenvalue weighted by Crippen LogP contribution is -2.45. The molecule has 5 heteroatoms. The van der Waals surface area contributed by atoms with E-state index in [-0.39, 0.29) is 11.9 Å². The van der Waals surface area contributed by atoms with Gasteiger partial charge in [-0.1, -0.05) is 29.8 Å². The summed E-state index contributed by atoms with van der Waals surface area (Å²) in [6, 6.07) is 14.6. The number of hydrogen-bond donors (Lipinski definition) is 2. The van der Waals surface area contributed by atoms with Crippen molar-refractivity contribution in [2.45, 2.75) is 32.7 Å². The van der Waals surface area contributed by atoms with Gasteiger partial charge in [0.2, 0.25) is 5.91 Å². The molecule has 0 radical (unpaired) electrons. The van der Waals surface area contributed by atoms with Crippen LogP contribution in [-0.2, 0) is 4.79 Å². The predicted octanol–water partition coefficient (Wildman–Crippen LogP) is 3.94. The number of amides is 3. The normalized spacial score (nSPS) is 16.6. The van der Waals surface area contributed by atoms with Gasteiger partial charge in [-0.2, -0.15) is 0 Å². The first-order chi connectivity index (χ1) is 12.0. The summed E-state index contributed by atoms with van der Waals surface area (Å²) in [5.41, 5.74) is 3.71. The topological polar surface area (TPSA) is 61.4 Å².